The minimum atomic E-state index is 0. The maximum absolute atomic E-state index is 2.31. The Labute approximate surface area is 119 Å². The van der Waals surface area contributed by atoms with Gasteiger partial charge in [0.2, 0.25) is 0 Å². The number of hydrogen-bond donors (Lipinski definition) is 0. The van der Waals surface area contributed by atoms with Crippen LogP contribution < -0.4 is 0 Å². The molecule has 0 saturated carbocycles. The van der Waals surface area contributed by atoms with E-state index in [1.54, 1.807) is 18.5 Å². The van der Waals surface area contributed by atoms with Crippen molar-refractivity contribution in [3.05, 3.63) is 0 Å². The van der Waals surface area contributed by atoms with Crippen LogP contribution in [0.15, 0.2) is 0 Å². The van der Waals surface area contributed by atoms with Crippen LogP contribution in [-0.4, -0.2) is 18.5 Å². The zero-order valence-corrected chi connectivity index (χ0v) is 13.5. The Balaban J connectivity index is -0.000000720. The van der Waals surface area contributed by atoms with E-state index in [0.717, 1.165) is 0 Å². The summed E-state index contributed by atoms with van der Waals surface area (Å²) < 4.78 is 0. The molecule has 0 fully saturated rings. The molecule has 15 heavy (non-hydrogen) atoms. The SMILES string of the molecule is CCCCP(CCCC)CCCC.[Co].[Co]. The Bertz CT molecular complexity index is 80.6. The van der Waals surface area contributed by atoms with Crippen molar-refractivity contribution in [3.8, 4) is 0 Å². The van der Waals surface area contributed by atoms with Crippen LogP contribution in [0.1, 0.15) is 59.3 Å². The van der Waals surface area contributed by atoms with E-state index >= 15 is 0 Å². The van der Waals surface area contributed by atoms with Gasteiger partial charge in [-0.05, 0) is 37.7 Å². The largest absolute Gasteiger partial charge is 0.107 e. The predicted molar refractivity (Wildman–Crippen MR) is 66.2 cm³/mol. The smallest absolute Gasteiger partial charge is 0 e. The standard InChI is InChI=1S/C12H27P.2Co/c1-4-7-10-13(11-8-5-2)12-9-6-3;;/h4-12H2,1-3H3;;. The van der Waals surface area contributed by atoms with Gasteiger partial charge in [0.05, 0.1) is 0 Å². The van der Waals surface area contributed by atoms with Crippen LogP contribution in [0.3, 0.4) is 0 Å². The van der Waals surface area contributed by atoms with E-state index < -0.39 is 0 Å². The maximum atomic E-state index is 2.31. The molecule has 0 nitrogen and oxygen atoms in total. The van der Waals surface area contributed by atoms with Gasteiger partial charge in [-0.25, -0.2) is 0 Å². The van der Waals surface area contributed by atoms with Crippen molar-refractivity contribution in [3.63, 3.8) is 0 Å². The summed E-state index contributed by atoms with van der Waals surface area (Å²) in [7, 11) is 0.422. The van der Waals surface area contributed by atoms with Crippen LogP contribution >= 0.6 is 7.92 Å². The molecule has 0 aromatic heterocycles. The first kappa shape index (κ1) is 21.7. The fraction of sp³-hybridized carbons (Fsp3) is 1.00. The summed E-state index contributed by atoms with van der Waals surface area (Å²) in [6.45, 7) is 6.94. The molecular weight excluding hydrogens is 293 g/mol. The third-order valence-corrected chi connectivity index (χ3v) is 5.33. The second-order valence-electron chi connectivity index (χ2n) is 3.90. The van der Waals surface area contributed by atoms with E-state index in [4.69, 9.17) is 0 Å². The molecule has 0 aromatic carbocycles. The first-order valence-corrected chi connectivity index (χ1v) is 7.97. The van der Waals surface area contributed by atoms with E-state index in [9.17, 15) is 0 Å². The monoisotopic (exact) mass is 320 g/mol. The molecular formula is C12H27Co2P. The van der Waals surface area contributed by atoms with Crippen molar-refractivity contribution in [2.45, 2.75) is 59.3 Å². The van der Waals surface area contributed by atoms with Crippen molar-refractivity contribution in [2.75, 3.05) is 18.5 Å². The number of rotatable bonds is 9. The second-order valence-corrected chi connectivity index (χ2v) is 6.59. The Morgan fingerprint density at radius 3 is 1.07 bits per heavy atom. The number of unbranched alkanes of at least 4 members (excludes halogenated alkanes) is 3. The molecule has 0 unspecified atom stereocenters. The molecule has 0 saturated heterocycles. The summed E-state index contributed by atoms with van der Waals surface area (Å²) in [4.78, 5) is 0. The first-order chi connectivity index (χ1) is 6.35. The van der Waals surface area contributed by atoms with Crippen LogP contribution in [0.2, 0.25) is 0 Å². The Morgan fingerprint density at radius 2 is 0.867 bits per heavy atom. The van der Waals surface area contributed by atoms with Gasteiger partial charge in [-0.2, -0.15) is 0 Å². The van der Waals surface area contributed by atoms with Crippen LogP contribution in [0.5, 0.6) is 0 Å². The predicted octanol–water partition coefficient (Wildman–Crippen LogP) is 4.86. The second kappa shape index (κ2) is 17.8. The third-order valence-electron chi connectivity index (χ3n) is 2.48. The van der Waals surface area contributed by atoms with Gasteiger partial charge in [0.25, 0.3) is 0 Å². The molecule has 0 aliphatic carbocycles. The summed E-state index contributed by atoms with van der Waals surface area (Å²) in [6, 6.07) is 0. The molecule has 2 radical (unpaired) electrons. The topological polar surface area (TPSA) is 0 Å². The molecule has 0 N–H and O–H groups in total. The van der Waals surface area contributed by atoms with E-state index in [1.807, 2.05) is 0 Å². The average molecular weight is 320 g/mol. The van der Waals surface area contributed by atoms with Gasteiger partial charge >= 0.3 is 0 Å². The maximum Gasteiger partial charge on any atom is 0 e. The van der Waals surface area contributed by atoms with Gasteiger partial charge in [0.15, 0.2) is 0 Å². The van der Waals surface area contributed by atoms with Gasteiger partial charge in [-0.1, -0.05) is 40.0 Å². The molecule has 0 aliphatic heterocycles. The van der Waals surface area contributed by atoms with Gasteiger partial charge in [-0.3, -0.25) is 0 Å². The minimum Gasteiger partial charge on any atom is -0.107 e. The molecule has 0 amide bonds. The third kappa shape index (κ3) is 15.4. The molecule has 98 valence electrons. The van der Waals surface area contributed by atoms with E-state index in [2.05, 4.69) is 20.8 Å². The normalized spacial score (nSPS) is 9.60. The summed E-state index contributed by atoms with van der Waals surface area (Å²) in [5.41, 5.74) is 0. The fourth-order valence-corrected chi connectivity index (χ4v) is 4.44. The van der Waals surface area contributed by atoms with Crippen molar-refractivity contribution >= 4 is 7.92 Å². The van der Waals surface area contributed by atoms with Crippen molar-refractivity contribution in [2.24, 2.45) is 0 Å². The van der Waals surface area contributed by atoms with Crippen LogP contribution in [0.25, 0.3) is 0 Å². The Morgan fingerprint density at radius 1 is 0.600 bits per heavy atom. The molecule has 0 rings (SSSR count). The Hall–Kier alpha value is 1.44. The molecule has 0 spiro atoms. The molecule has 3 heteroatoms. The molecule has 0 atom stereocenters. The Kier molecular flexibility index (Phi) is 25.8. The zero-order chi connectivity index (χ0) is 9.94. The van der Waals surface area contributed by atoms with Gasteiger partial charge in [0, 0.05) is 33.6 Å². The minimum absolute atomic E-state index is 0. The van der Waals surface area contributed by atoms with Crippen LogP contribution in [-0.2, 0) is 33.6 Å². The zero-order valence-electron chi connectivity index (χ0n) is 10.5. The van der Waals surface area contributed by atoms with E-state index in [1.165, 1.54) is 38.5 Å². The van der Waals surface area contributed by atoms with Crippen LogP contribution in [0.4, 0.5) is 0 Å². The summed E-state index contributed by atoms with van der Waals surface area (Å²) in [6.07, 6.45) is 13.2. The summed E-state index contributed by atoms with van der Waals surface area (Å²) in [5, 5.41) is 0. The van der Waals surface area contributed by atoms with Gasteiger partial charge < -0.3 is 0 Å². The quantitative estimate of drug-likeness (QED) is 0.532. The van der Waals surface area contributed by atoms with E-state index in [0.29, 0.717) is 7.92 Å². The van der Waals surface area contributed by atoms with Gasteiger partial charge in [0.1, 0.15) is 0 Å². The van der Waals surface area contributed by atoms with Crippen molar-refractivity contribution < 1.29 is 33.6 Å². The van der Waals surface area contributed by atoms with Crippen LogP contribution in [0, 0.1) is 0 Å². The van der Waals surface area contributed by atoms with Crippen molar-refractivity contribution in [1.29, 1.82) is 0 Å². The fourth-order valence-electron chi connectivity index (χ4n) is 1.48. The van der Waals surface area contributed by atoms with Gasteiger partial charge in [-0.15, -0.1) is 7.92 Å². The summed E-state index contributed by atoms with van der Waals surface area (Å²) in [5.74, 6) is 0. The summed E-state index contributed by atoms with van der Waals surface area (Å²) >= 11 is 0. The average Bonchev–Trinajstić information content (AvgIpc) is 2.17. The van der Waals surface area contributed by atoms with E-state index in [-0.39, 0.29) is 33.6 Å². The molecule has 0 aromatic rings. The molecule has 0 heterocycles. The van der Waals surface area contributed by atoms with Crippen molar-refractivity contribution in [1.82, 2.24) is 0 Å². The molecule has 0 bridgehead atoms. The molecule has 0 aliphatic rings. The first-order valence-electron chi connectivity index (χ1n) is 6.07. The number of hydrogen-bond acceptors (Lipinski definition) is 0.